The summed E-state index contributed by atoms with van der Waals surface area (Å²) >= 11 is 1.86. The standard InChI is InChI=1S/C38H24N4.C32H19N3O.C32H19N3S/c1-3-13-25(14-4-1)37-27-17-7-10-20-30(27)39-38(40-37)42-32-22-12-9-19-29(32)36-34(42)24-23-33-35(36)28-18-8-11-21-31(28)41(33)26-15-5-2-6-16-26;1-2-10-20(11-3-1)31-21-12-4-7-15-24(21)33-32(34-31)35-25-16-8-5-13-22(25)29-26(35)18-19-28-30(29)23-14-6-9-17-27(23)36-28;1-2-10-20(11-3-1)30-23-13-4-7-15-25(23)33-32(34-30)35-26-16-8-5-14-24(26)29-27(35)19-18-22-21-12-6-9-17-28(21)36-31(22)29/h1-24H;2*1-19H. The lowest BCUT2D eigenvalue weighted by Gasteiger charge is -2.12. The number of hydrogen-bond donors (Lipinski definition) is 0. The van der Waals surface area contributed by atoms with Gasteiger partial charge in [0.15, 0.2) is 0 Å². The minimum absolute atomic E-state index is 0.658. The van der Waals surface area contributed by atoms with E-state index in [4.69, 9.17) is 34.3 Å². The number of thiophene rings is 1. The number of nitrogens with zero attached hydrogens (tertiary/aromatic N) is 10. The number of aromatic nitrogens is 10. The summed E-state index contributed by atoms with van der Waals surface area (Å²) in [5.41, 5.74) is 20.7. The molecule has 9 heterocycles. The zero-order chi connectivity index (χ0) is 74.9. The second-order valence-corrected chi connectivity index (χ2v) is 29.8. The van der Waals surface area contributed by atoms with E-state index in [-0.39, 0.29) is 0 Å². The summed E-state index contributed by atoms with van der Waals surface area (Å²) in [6, 6.07) is 131. The molecule has 532 valence electrons. The Morgan fingerprint density at radius 2 is 0.526 bits per heavy atom. The smallest absolute Gasteiger partial charge is 0.235 e. The Balaban J connectivity index is 0.000000102. The van der Waals surface area contributed by atoms with Crippen molar-refractivity contribution in [3.8, 4) is 57.3 Å². The first-order valence-corrected chi connectivity index (χ1v) is 39.1. The van der Waals surface area contributed by atoms with E-state index in [1.165, 1.54) is 63.5 Å². The molecule has 12 heteroatoms. The number of furan rings is 1. The van der Waals surface area contributed by atoms with Crippen LogP contribution in [0.4, 0.5) is 0 Å². The number of rotatable bonds is 7. The summed E-state index contributed by atoms with van der Waals surface area (Å²) in [4.78, 5) is 30.9. The second kappa shape index (κ2) is 26.2. The number of fused-ring (bicyclic) bond motifs is 24. The zero-order valence-corrected chi connectivity index (χ0v) is 61.9. The maximum absolute atomic E-state index is 6.22. The fourth-order valence-electron chi connectivity index (χ4n) is 17.5. The van der Waals surface area contributed by atoms with Gasteiger partial charge in [-0.3, -0.25) is 13.7 Å². The lowest BCUT2D eigenvalue weighted by Crippen LogP contribution is -2.03. The molecular formula is C102H62N10OS. The van der Waals surface area contributed by atoms with Gasteiger partial charge in [0.2, 0.25) is 17.8 Å². The third kappa shape index (κ3) is 10.2. The minimum Gasteiger partial charge on any atom is -0.456 e. The van der Waals surface area contributed by atoms with E-state index < -0.39 is 0 Å². The third-order valence-electron chi connectivity index (χ3n) is 22.4. The molecule has 0 saturated carbocycles. The molecule has 0 fully saturated rings. The molecule has 0 N–H and O–H groups in total. The highest BCUT2D eigenvalue weighted by atomic mass is 32.1. The van der Waals surface area contributed by atoms with Gasteiger partial charge < -0.3 is 8.98 Å². The Bertz CT molecular complexity index is 8180. The van der Waals surface area contributed by atoms with Crippen LogP contribution < -0.4 is 0 Å². The van der Waals surface area contributed by atoms with Crippen LogP contribution in [0.3, 0.4) is 0 Å². The Morgan fingerprint density at radius 1 is 0.202 bits per heavy atom. The summed E-state index contributed by atoms with van der Waals surface area (Å²) in [6.45, 7) is 0. The molecule has 0 atom stereocenters. The fourth-order valence-corrected chi connectivity index (χ4v) is 18.7. The first-order chi connectivity index (χ1) is 56.6. The van der Waals surface area contributed by atoms with Gasteiger partial charge in [-0.25, -0.2) is 29.9 Å². The van der Waals surface area contributed by atoms with Crippen molar-refractivity contribution >= 4 is 173 Å². The first kappa shape index (κ1) is 64.7. The van der Waals surface area contributed by atoms with Gasteiger partial charge in [0, 0.05) is 113 Å². The van der Waals surface area contributed by atoms with Crippen LogP contribution in [0.1, 0.15) is 0 Å². The van der Waals surface area contributed by atoms with Gasteiger partial charge in [0.1, 0.15) is 11.2 Å². The van der Waals surface area contributed by atoms with E-state index in [0.29, 0.717) is 17.8 Å². The zero-order valence-electron chi connectivity index (χ0n) is 61.1. The monoisotopic (exact) mass is 1470 g/mol. The average molecular weight is 1480 g/mol. The molecule has 0 spiro atoms. The molecule has 0 bridgehead atoms. The third-order valence-corrected chi connectivity index (χ3v) is 23.6. The van der Waals surface area contributed by atoms with Crippen LogP contribution in [-0.4, -0.2) is 48.2 Å². The molecule has 0 aliphatic rings. The Morgan fingerprint density at radius 3 is 0.991 bits per heavy atom. The van der Waals surface area contributed by atoms with Gasteiger partial charge in [-0.15, -0.1) is 11.3 Å². The van der Waals surface area contributed by atoms with Crippen molar-refractivity contribution in [2.45, 2.75) is 0 Å². The molecule has 9 aromatic heterocycles. The Kier molecular flexibility index (Phi) is 14.9. The summed E-state index contributed by atoms with van der Waals surface area (Å²) in [7, 11) is 0. The molecule has 0 radical (unpaired) electrons. The number of benzene rings is 16. The van der Waals surface area contributed by atoms with Crippen LogP contribution in [0, 0.1) is 0 Å². The van der Waals surface area contributed by atoms with Crippen LogP contribution in [0.2, 0.25) is 0 Å². The van der Waals surface area contributed by atoms with E-state index >= 15 is 0 Å². The van der Waals surface area contributed by atoms with Gasteiger partial charge in [0.05, 0.1) is 77.8 Å². The van der Waals surface area contributed by atoms with Crippen LogP contribution in [0.5, 0.6) is 0 Å². The van der Waals surface area contributed by atoms with Crippen molar-refractivity contribution in [2.24, 2.45) is 0 Å². The fraction of sp³-hybridized carbons (Fsp3) is 0. The Hall–Kier alpha value is -15.2. The van der Waals surface area contributed by atoms with E-state index in [1.807, 2.05) is 78.1 Å². The van der Waals surface area contributed by atoms with Gasteiger partial charge in [-0.1, -0.05) is 279 Å². The van der Waals surface area contributed by atoms with E-state index in [1.54, 1.807) is 0 Å². The summed E-state index contributed by atoms with van der Waals surface area (Å²) in [5, 5.41) is 17.7. The normalized spacial score (nSPS) is 11.9. The molecule has 0 unspecified atom stereocenters. The first-order valence-electron chi connectivity index (χ1n) is 38.3. The summed E-state index contributed by atoms with van der Waals surface area (Å²) in [6.07, 6.45) is 0. The van der Waals surface area contributed by atoms with Crippen LogP contribution in [0.15, 0.2) is 381 Å². The van der Waals surface area contributed by atoms with Crippen molar-refractivity contribution in [1.29, 1.82) is 0 Å². The molecule has 11 nitrogen and oxygen atoms in total. The van der Waals surface area contributed by atoms with Crippen molar-refractivity contribution in [2.75, 3.05) is 0 Å². The van der Waals surface area contributed by atoms with Gasteiger partial charge in [-0.2, -0.15) is 0 Å². The maximum atomic E-state index is 6.22. The van der Waals surface area contributed by atoms with Crippen molar-refractivity contribution < 1.29 is 4.42 Å². The summed E-state index contributed by atoms with van der Waals surface area (Å²) < 4.78 is 17.9. The highest BCUT2D eigenvalue weighted by Crippen LogP contribution is 2.47. The molecule has 114 heavy (non-hydrogen) atoms. The van der Waals surface area contributed by atoms with Gasteiger partial charge in [-0.05, 0) is 97.1 Å². The lowest BCUT2D eigenvalue weighted by molar-refractivity contribution is 0.669. The van der Waals surface area contributed by atoms with Crippen LogP contribution >= 0.6 is 11.3 Å². The number of para-hydroxylation sites is 9. The van der Waals surface area contributed by atoms with E-state index in [0.717, 1.165) is 138 Å². The maximum Gasteiger partial charge on any atom is 0.235 e. The van der Waals surface area contributed by atoms with Crippen molar-refractivity contribution in [3.63, 3.8) is 0 Å². The molecule has 0 aliphatic carbocycles. The quantitative estimate of drug-likeness (QED) is 0.156. The highest BCUT2D eigenvalue weighted by Gasteiger charge is 2.26. The molecule has 0 aliphatic heterocycles. The van der Waals surface area contributed by atoms with E-state index in [9.17, 15) is 0 Å². The van der Waals surface area contributed by atoms with Crippen molar-refractivity contribution in [1.82, 2.24) is 48.2 Å². The van der Waals surface area contributed by atoms with Crippen molar-refractivity contribution in [3.05, 3.63) is 376 Å². The molecule has 16 aromatic carbocycles. The Labute approximate surface area is 655 Å². The molecule has 25 aromatic rings. The molecular weight excluding hydrogens is 1410 g/mol. The molecule has 0 amide bonds. The summed E-state index contributed by atoms with van der Waals surface area (Å²) in [5.74, 6) is 2.02. The topological polar surface area (TPSA) is 110 Å². The van der Waals surface area contributed by atoms with E-state index in [2.05, 4.69) is 328 Å². The molecule has 25 rings (SSSR count). The molecule has 0 saturated heterocycles. The van der Waals surface area contributed by atoms with Crippen LogP contribution in [-0.2, 0) is 0 Å². The average Bonchev–Trinajstić information content (AvgIpc) is 1.55. The minimum atomic E-state index is 0.658. The predicted octanol–water partition coefficient (Wildman–Crippen LogP) is 26.5. The second-order valence-electron chi connectivity index (χ2n) is 28.7. The number of hydrogen-bond acceptors (Lipinski definition) is 8. The lowest BCUT2D eigenvalue weighted by atomic mass is 10.1. The highest BCUT2D eigenvalue weighted by molar-refractivity contribution is 7.26. The largest absolute Gasteiger partial charge is 0.456 e. The SMILES string of the molecule is c1ccc(-c2nc(-n3c4ccccc4c4c5c(ccc43)oc3ccccc35)nc3ccccc23)cc1.c1ccc(-c2nc(-n3c4ccccc4c4c5c6ccccc6n(-c6ccccc6)c5ccc43)nc3ccccc23)cc1.c1ccc(-c2nc(-n3c4ccccc4c4c5sc6ccccc6c5ccc43)nc3ccccc23)cc1. The van der Waals surface area contributed by atoms with Gasteiger partial charge >= 0.3 is 0 Å². The predicted molar refractivity (Wildman–Crippen MR) is 472 cm³/mol. The van der Waals surface area contributed by atoms with Gasteiger partial charge in [0.25, 0.3) is 0 Å². The van der Waals surface area contributed by atoms with Crippen LogP contribution in [0.25, 0.3) is 219 Å².